The van der Waals surface area contributed by atoms with Gasteiger partial charge in [0.25, 0.3) is 10.0 Å². The molecule has 0 aliphatic heterocycles. The number of anilines is 1. The van der Waals surface area contributed by atoms with Crippen LogP contribution in [0.2, 0.25) is 0 Å². The van der Waals surface area contributed by atoms with Gasteiger partial charge in [0.2, 0.25) is 0 Å². The van der Waals surface area contributed by atoms with Gasteiger partial charge in [-0.1, -0.05) is 40.2 Å². The summed E-state index contributed by atoms with van der Waals surface area (Å²) in [5.74, 6) is -0.772. The Balaban J connectivity index is 2.34. The van der Waals surface area contributed by atoms with Crippen molar-refractivity contribution in [3.8, 4) is 0 Å². The zero-order valence-corrected chi connectivity index (χ0v) is 12.2. The van der Waals surface area contributed by atoms with Crippen LogP contribution in [0.4, 0.5) is 10.1 Å². The van der Waals surface area contributed by atoms with Crippen molar-refractivity contribution >= 4 is 31.6 Å². The van der Waals surface area contributed by atoms with Crippen molar-refractivity contribution < 1.29 is 12.8 Å². The van der Waals surface area contributed by atoms with Gasteiger partial charge in [-0.3, -0.25) is 4.72 Å². The van der Waals surface area contributed by atoms with E-state index in [1.54, 1.807) is 18.2 Å². The molecule has 1 N–H and O–H groups in total. The minimum absolute atomic E-state index is 0.362. The lowest BCUT2D eigenvalue weighted by atomic mass is 10.2. The van der Waals surface area contributed by atoms with Gasteiger partial charge in [0.15, 0.2) is 0 Å². The molecule has 0 radical (unpaired) electrons. The van der Waals surface area contributed by atoms with E-state index in [4.69, 9.17) is 0 Å². The van der Waals surface area contributed by atoms with Gasteiger partial charge in [-0.05, 0) is 29.8 Å². The van der Waals surface area contributed by atoms with E-state index in [1.165, 1.54) is 18.2 Å². The molecular weight excluding hydrogens is 333 g/mol. The predicted molar refractivity (Wildman–Crippen MR) is 76.3 cm³/mol. The molecule has 0 aliphatic rings. The topological polar surface area (TPSA) is 46.2 Å². The highest BCUT2D eigenvalue weighted by molar-refractivity contribution is 9.08. The standard InChI is InChI=1S/C13H11BrFNO2S/c14-9-10-4-3-5-11(8-10)16-19(17,18)13-7-2-1-6-12(13)15/h1-8,16H,9H2. The highest BCUT2D eigenvalue weighted by Crippen LogP contribution is 2.20. The molecule has 0 atom stereocenters. The van der Waals surface area contributed by atoms with Gasteiger partial charge in [-0.15, -0.1) is 0 Å². The maximum atomic E-state index is 13.5. The fraction of sp³-hybridized carbons (Fsp3) is 0.0769. The third-order valence-corrected chi connectivity index (χ3v) is 4.52. The average Bonchev–Trinajstić information content (AvgIpc) is 2.38. The van der Waals surface area contributed by atoms with Crippen LogP contribution in [-0.4, -0.2) is 8.42 Å². The maximum Gasteiger partial charge on any atom is 0.264 e. The summed E-state index contributed by atoms with van der Waals surface area (Å²) in [4.78, 5) is -0.362. The first-order valence-electron chi connectivity index (χ1n) is 5.45. The molecule has 0 heterocycles. The van der Waals surface area contributed by atoms with Crippen molar-refractivity contribution in [1.29, 1.82) is 0 Å². The summed E-state index contributed by atoms with van der Waals surface area (Å²) < 4.78 is 40.0. The highest BCUT2D eigenvalue weighted by atomic mass is 79.9. The van der Waals surface area contributed by atoms with Crippen LogP contribution in [0, 0.1) is 5.82 Å². The van der Waals surface area contributed by atoms with E-state index in [9.17, 15) is 12.8 Å². The molecule has 0 aromatic heterocycles. The van der Waals surface area contributed by atoms with Crippen LogP contribution in [0.15, 0.2) is 53.4 Å². The zero-order chi connectivity index (χ0) is 13.9. The summed E-state index contributed by atoms with van der Waals surface area (Å²) in [6.07, 6.45) is 0. The minimum atomic E-state index is -3.91. The van der Waals surface area contributed by atoms with Gasteiger partial charge in [0, 0.05) is 11.0 Å². The van der Waals surface area contributed by atoms with Crippen molar-refractivity contribution in [2.45, 2.75) is 10.2 Å². The lowest BCUT2D eigenvalue weighted by Crippen LogP contribution is -2.14. The molecule has 3 nitrogen and oxygen atoms in total. The molecule has 2 rings (SSSR count). The molecule has 19 heavy (non-hydrogen) atoms. The van der Waals surface area contributed by atoms with Crippen LogP contribution in [-0.2, 0) is 15.4 Å². The molecule has 0 spiro atoms. The largest absolute Gasteiger partial charge is 0.280 e. The molecule has 100 valence electrons. The normalized spacial score (nSPS) is 11.3. The molecule has 0 unspecified atom stereocenters. The molecule has 0 fully saturated rings. The second-order valence-corrected chi connectivity index (χ2v) is 6.08. The van der Waals surface area contributed by atoms with Crippen molar-refractivity contribution in [1.82, 2.24) is 0 Å². The first-order chi connectivity index (χ1) is 9.03. The fourth-order valence-electron chi connectivity index (χ4n) is 1.59. The Morgan fingerprint density at radius 3 is 2.53 bits per heavy atom. The summed E-state index contributed by atoms with van der Waals surface area (Å²) in [5, 5.41) is 0.613. The first kappa shape index (κ1) is 14.0. The second-order valence-electron chi connectivity index (χ2n) is 3.87. The van der Waals surface area contributed by atoms with E-state index in [0.29, 0.717) is 11.0 Å². The minimum Gasteiger partial charge on any atom is -0.280 e. The lowest BCUT2D eigenvalue weighted by Gasteiger charge is -2.09. The summed E-state index contributed by atoms with van der Waals surface area (Å²) in [5.41, 5.74) is 1.33. The van der Waals surface area contributed by atoms with Gasteiger partial charge in [0.1, 0.15) is 10.7 Å². The van der Waals surface area contributed by atoms with Gasteiger partial charge >= 0.3 is 0 Å². The average molecular weight is 344 g/mol. The molecule has 0 amide bonds. The van der Waals surface area contributed by atoms with E-state index in [1.807, 2.05) is 6.07 Å². The maximum absolute atomic E-state index is 13.5. The van der Waals surface area contributed by atoms with E-state index in [0.717, 1.165) is 11.6 Å². The van der Waals surface area contributed by atoms with Gasteiger partial charge in [-0.2, -0.15) is 0 Å². The number of halogens is 2. The molecule has 6 heteroatoms. The molecule has 0 aliphatic carbocycles. The van der Waals surface area contributed by atoms with E-state index in [2.05, 4.69) is 20.7 Å². The smallest absolute Gasteiger partial charge is 0.264 e. The van der Waals surface area contributed by atoms with Gasteiger partial charge < -0.3 is 0 Å². The third kappa shape index (κ3) is 3.33. The molecule has 2 aromatic rings. The Morgan fingerprint density at radius 2 is 1.84 bits per heavy atom. The van der Waals surface area contributed by atoms with E-state index in [-0.39, 0.29) is 4.90 Å². The SMILES string of the molecule is O=S(=O)(Nc1cccc(CBr)c1)c1ccccc1F. The summed E-state index contributed by atoms with van der Waals surface area (Å²) in [6.45, 7) is 0. The number of benzene rings is 2. The Bertz CT molecular complexity index is 689. The van der Waals surface area contributed by atoms with Crippen LogP contribution in [0.25, 0.3) is 0 Å². The Hall–Kier alpha value is -1.40. The van der Waals surface area contributed by atoms with Gasteiger partial charge in [-0.25, -0.2) is 12.8 Å². The fourth-order valence-corrected chi connectivity index (χ4v) is 3.07. The van der Waals surface area contributed by atoms with Crippen molar-refractivity contribution in [2.24, 2.45) is 0 Å². The highest BCUT2D eigenvalue weighted by Gasteiger charge is 2.18. The Morgan fingerprint density at radius 1 is 1.11 bits per heavy atom. The number of rotatable bonds is 4. The predicted octanol–water partition coefficient (Wildman–Crippen LogP) is 3.52. The van der Waals surface area contributed by atoms with Crippen molar-refractivity contribution in [3.05, 3.63) is 59.9 Å². The summed E-state index contributed by atoms with van der Waals surface area (Å²) in [7, 11) is -3.91. The van der Waals surface area contributed by atoms with E-state index >= 15 is 0 Å². The monoisotopic (exact) mass is 343 g/mol. The Kier molecular flexibility index (Phi) is 4.21. The summed E-state index contributed by atoms with van der Waals surface area (Å²) >= 11 is 3.29. The third-order valence-electron chi connectivity index (χ3n) is 2.46. The number of alkyl halides is 1. The van der Waals surface area contributed by atoms with Gasteiger partial charge in [0.05, 0.1) is 0 Å². The van der Waals surface area contributed by atoms with Crippen LogP contribution in [0.1, 0.15) is 5.56 Å². The number of hydrogen-bond acceptors (Lipinski definition) is 2. The Labute approximate surface area is 119 Å². The molecule has 0 saturated carbocycles. The molecule has 0 bridgehead atoms. The number of hydrogen-bond donors (Lipinski definition) is 1. The number of nitrogens with one attached hydrogen (secondary N) is 1. The first-order valence-corrected chi connectivity index (χ1v) is 8.05. The van der Waals surface area contributed by atoms with E-state index < -0.39 is 15.8 Å². The lowest BCUT2D eigenvalue weighted by molar-refractivity contribution is 0.570. The summed E-state index contributed by atoms with van der Waals surface area (Å²) in [6, 6.07) is 12.2. The van der Waals surface area contributed by atoms with Crippen molar-refractivity contribution in [3.63, 3.8) is 0 Å². The number of sulfonamides is 1. The van der Waals surface area contributed by atoms with Crippen LogP contribution in [0.3, 0.4) is 0 Å². The second kappa shape index (κ2) is 5.71. The van der Waals surface area contributed by atoms with Crippen LogP contribution < -0.4 is 4.72 Å². The zero-order valence-electron chi connectivity index (χ0n) is 9.81. The van der Waals surface area contributed by atoms with Crippen LogP contribution in [0.5, 0.6) is 0 Å². The molecule has 2 aromatic carbocycles. The van der Waals surface area contributed by atoms with Crippen LogP contribution >= 0.6 is 15.9 Å². The molecular formula is C13H11BrFNO2S. The quantitative estimate of drug-likeness (QED) is 0.863. The molecule has 0 saturated heterocycles. The van der Waals surface area contributed by atoms with Crippen molar-refractivity contribution in [2.75, 3.05) is 4.72 Å².